The summed E-state index contributed by atoms with van der Waals surface area (Å²) in [7, 11) is 0.920. The molecule has 2 unspecified atom stereocenters. The molecule has 0 aromatic heterocycles. The van der Waals surface area contributed by atoms with Crippen molar-refractivity contribution in [2.75, 3.05) is 0 Å². The maximum atomic E-state index is 2.43. The van der Waals surface area contributed by atoms with Gasteiger partial charge in [0.15, 0.2) is 0 Å². The number of unbranched alkanes of at least 4 members (excludes halogenated alkanes) is 6. The first-order valence-electron chi connectivity index (χ1n) is 14.0. The van der Waals surface area contributed by atoms with E-state index in [1.165, 1.54) is 85.8 Å². The third-order valence-electron chi connectivity index (χ3n) is 7.49. The maximum Gasteiger partial charge on any atom is 0.00258 e. The van der Waals surface area contributed by atoms with Crippen LogP contribution >= 0.6 is 8.58 Å². The summed E-state index contributed by atoms with van der Waals surface area (Å²) in [6, 6.07) is 32.0. The highest BCUT2D eigenvalue weighted by Gasteiger charge is 2.22. The highest BCUT2D eigenvalue weighted by atomic mass is 31.1. The van der Waals surface area contributed by atoms with Gasteiger partial charge in [-0.15, -0.1) is 8.58 Å². The van der Waals surface area contributed by atoms with Crippen molar-refractivity contribution >= 4 is 30.1 Å². The van der Waals surface area contributed by atoms with Crippen LogP contribution in [0.2, 0.25) is 0 Å². The molecule has 0 saturated heterocycles. The van der Waals surface area contributed by atoms with Gasteiger partial charge in [-0.25, -0.2) is 0 Å². The molecule has 0 saturated carbocycles. The van der Waals surface area contributed by atoms with E-state index >= 15 is 0 Å². The molecule has 4 rings (SSSR count). The molecule has 184 valence electrons. The second-order valence-electron chi connectivity index (χ2n) is 10.1. The fourth-order valence-electron chi connectivity index (χ4n) is 5.56. The molecule has 0 bridgehead atoms. The fraction of sp³-hybridized carbons (Fsp3) is 0.412. The van der Waals surface area contributed by atoms with E-state index in [9.17, 15) is 0 Å². The molecule has 2 atom stereocenters. The van der Waals surface area contributed by atoms with Crippen molar-refractivity contribution < 1.29 is 0 Å². The summed E-state index contributed by atoms with van der Waals surface area (Å²) in [6.07, 6.45) is 13.3. The van der Waals surface area contributed by atoms with Crippen LogP contribution < -0.4 is 0 Å². The quantitative estimate of drug-likeness (QED) is 0.124. The first-order valence-corrected chi connectivity index (χ1v) is 15.2. The summed E-state index contributed by atoms with van der Waals surface area (Å²) in [4.78, 5) is 0. The van der Waals surface area contributed by atoms with Crippen LogP contribution in [0.15, 0.2) is 84.9 Å². The molecule has 0 N–H and O–H groups in total. The Balaban J connectivity index is 1.68. The average molecular weight is 483 g/mol. The predicted molar refractivity (Wildman–Crippen MR) is 159 cm³/mol. The third kappa shape index (κ3) is 6.95. The second kappa shape index (κ2) is 13.8. The Labute approximate surface area is 215 Å². The molecule has 0 aliphatic rings. The van der Waals surface area contributed by atoms with Crippen LogP contribution in [-0.4, -0.2) is 0 Å². The lowest BCUT2D eigenvalue weighted by Crippen LogP contribution is -2.01. The predicted octanol–water partition coefficient (Wildman–Crippen LogP) is 11.4. The molecule has 0 aliphatic heterocycles. The highest BCUT2D eigenvalue weighted by Crippen LogP contribution is 2.53. The maximum absolute atomic E-state index is 2.43. The van der Waals surface area contributed by atoms with Gasteiger partial charge in [0, 0.05) is 11.3 Å². The molecular weight excluding hydrogens is 439 g/mol. The zero-order chi connectivity index (χ0) is 24.3. The summed E-state index contributed by atoms with van der Waals surface area (Å²) in [5.41, 5.74) is 4.43. The number of benzene rings is 4. The largest absolute Gasteiger partial charge is 0.107 e. The van der Waals surface area contributed by atoms with Gasteiger partial charge in [-0.1, -0.05) is 150 Å². The molecule has 0 nitrogen and oxygen atoms in total. The molecule has 0 heterocycles. The molecule has 1 heteroatoms. The molecule has 0 amide bonds. The average Bonchev–Trinajstić information content (AvgIpc) is 2.91. The van der Waals surface area contributed by atoms with Crippen LogP contribution in [0.5, 0.6) is 0 Å². The number of rotatable bonds is 14. The Morgan fingerprint density at radius 3 is 1.37 bits per heavy atom. The number of hydrogen-bond acceptors (Lipinski definition) is 0. The first-order chi connectivity index (χ1) is 17.3. The van der Waals surface area contributed by atoms with Gasteiger partial charge in [0.25, 0.3) is 0 Å². The zero-order valence-corrected chi connectivity index (χ0v) is 22.8. The van der Waals surface area contributed by atoms with Gasteiger partial charge in [0.05, 0.1) is 0 Å². The highest BCUT2D eigenvalue weighted by molar-refractivity contribution is 7.39. The molecule has 4 aromatic rings. The summed E-state index contributed by atoms with van der Waals surface area (Å²) in [5, 5.41) is 5.70. The molecule has 4 aromatic carbocycles. The Morgan fingerprint density at radius 2 is 0.914 bits per heavy atom. The van der Waals surface area contributed by atoms with Crippen LogP contribution in [0.1, 0.15) is 101 Å². The lowest BCUT2D eigenvalue weighted by atomic mass is 9.98. The number of hydrogen-bond donors (Lipinski definition) is 0. The van der Waals surface area contributed by atoms with Gasteiger partial charge < -0.3 is 0 Å². The van der Waals surface area contributed by atoms with E-state index in [0.29, 0.717) is 11.3 Å². The van der Waals surface area contributed by atoms with Crippen molar-refractivity contribution in [1.82, 2.24) is 0 Å². The minimum atomic E-state index is 0.632. The van der Waals surface area contributed by atoms with Gasteiger partial charge >= 0.3 is 0 Å². The second-order valence-corrected chi connectivity index (χ2v) is 11.8. The van der Waals surface area contributed by atoms with Gasteiger partial charge in [0.1, 0.15) is 0 Å². The van der Waals surface area contributed by atoms with E-state index in [1.807, 2.05) is 0 Å². The van der Waals surface area contributed by atoms with Crippen LogP contribution in [0.4, 0.5) is 0 Å². The molecule has 35 heavy (non-hydrogen) atoms. The fourth-order valence-corrected chi connectivity index (χ4v) is 7.65. The SMILES string of the molecule is CCCCCCC(PC(CCCCCC)c1cccc2ccccc12)c1cccc2ccccc12. The van der Waals surface area contributed by atoms with Crippen LogP contribution in [0, 0.1) is 0 Å². The van der Waals surface area contributed by atoms with Gasteiger partial charge in [-0.3, -0.25) is 0 Å². The van der Waals surface area contributed by atoms with Crippen LogP contribution in [0.3, 0.4) is 0 Å². The van der Waals surface area contributed by atoms with Crippen molar-refractivity contribution in [2.24, 2.45) is 0 Å². The normalized spacial score (nSPS) is 13.7. The van der Waals surface area contributed by atoms with Crippen molar-refractivity contribution in [3.05, 3.63) is 96.1 Å². The van der Waals surface area contributed by atoms with Gasteiger partial charge in [-0.05, 0) is 45.5 Å². The lowest BCUT2D eigenvalue weighted by Gasteiger charge is -2.27. The molecule has 0 radical (unpaired) electrons. The summed E-state index contributed by atoms with van der Waals surface area (Å²) in [5.74, 6) is 0. The Hall–Kier alpha value is -2.17. The molecule has 0 fully saturated rings. The minimum absolute atomic E-state index is 0.632. The zero-order valence-electron chi connectivity index (χ0n) is 21.8. The minimum Gasteiger partial charge on any atom is -0.107 e. The van der Waals surface area contributed by atoms with E-state index in [-0.39, 0.29) is 0 Å². The van der Waals surface area contributed by atoms with E-state index < -0.39 is 0 Å². The van der Waals surface area contributed by atoms with Gasteiger partial charge in [0.2, 0.25) is 0 Å². The first kappa shape index (κ1) is 25.9. The van der Waals surface area contributed by atoms with E-state index in [4.69, 9.17) is 0 Å². The van der Waals surface area contributed by atoms with E-state index in [2.05, 4.69) is 98.8 Å². The Morgan fingerprint density at radius 1 is 0.486 bits per heavy atom. The Kier molecular flexibility index (Phi) is 10.2. The van der Waals surface area contributed by atoms with Crippen molar-refractivity contribution in [1.29, 1.82) is 0 Å². The van der Waals surface area contributed by atoms with Crippen LogP contribution in [-0.2, 0) is 0 Å². The van der Waals surface area contributed by atoms with Gasteiger partial charge in [-0.2, -0.15) is 0 Å². The molecule has 0 spiro atoms. The lowest BCUT2D eigenvalue weighted by molar-refractivity contribution is 0.612. The summed E-state index contributed by atoms with van der Waals surface area (Å²) >= 11 is 0. The van der Waals surface area contributed by atoms with Crippen molar-refractivity contribution in [2.45, 2.75) is 89.4 Å². The standard InChI is InChI=1S/C34H43P/c1-3-5-7-9-25-33(31-23-15-19-27-17-11-13-21-29(27)31)35-34(26-10-8-6-4-2)32-24-16-20-28-18-12-14-22-30(28)32/h11-24,33-35H,3-10,25-26H2,1-2H3. The van der Waals surface area contributed by atoms with Crippen LogP contribution in [0.25, 0.3) is 21.5 Å². The molecule has 0 aliphatic carbocycles. The third-order valence-corrected chi connectivity index (χ3v) is 9.50. The smallest absolute Gasteiger partial charge is 0.00258 e. The van der Waals surface area contributed by atoms with Crippen molar-refractivity contribution in [3.8, 4) is 0 Å². The Bertz CT molecular complexity index is 1070. The summed E-state index contributed by atoms with van der Waals surface area (Å²) in [6.45, 7) is 4.63. The topological polar surface area (TPSA) is 0 Å². The van der Waals surface area contributed by atoms with Crippen molar-refractivity contribution in [3.63, 3.8) is 0 Å². The number of fused-ring (bicyclic) bond motifs is 2. The monoisotopic (exact) mass is 482 g/mol. The van der Waals surface area contributed by atoms with E-state index in [0.717, 1.165) is 8.58 Å². The summed E-state index contributed by atoms with van der Waals surface area (Å²) < 4.78 is 0. The molecular formula is C34H43P. The van der Waals surface area contributed by atoms with E-state index in [1.54, 1.807) is 11.1 Å².